The van der Waals surface area contributed by atoms with Gasteiger partial charge in [-0.3, -0.25) is 9.59 Å². The van der Waals surface area contributed by atoms with Gasteiger partial charge in [-0.1, -0.05) is 12.0 Å². The first-order chi connectivity index (χ1) is 13.5. The van der Waals surface area contributed by atoms with Crippen molar-refractivity contribution in [2.24, 2.45) is 0 Å². The van der Waals surface area contributed by atoms with Crippen LogP contribution in [0.15, 0.2) is 42.5 Å². The number of ether oxygens (including phenoxy) is 2. The number of carbonyl (C=O) groups excluding carboxylic acids is 2. The molecule has 0 bridgehead atoms. The fourth-order valence-electron chi connectivity index (χ4n) is 2.70. The number of carbonyl (C=O) groups is 2. The van der Waals surface area contributed by atoms with Gasteiger partial charge in [0.05, 0.1) is 20.8 Å². The molecule has 0 spiro atoms. The first kappa shape index (κ1) is 20.8. The van der Waals surface area contributed by atoms with E-state index >= 15 is 0 Å². The maximum Gasteiger partial charge on any atom is 0.243 e. The van der Waals surface area contributed by atoms with Crippen LogP contribution >= 0.6 is 0 Å². The van der Waals surface area contributed by atoms with Gasteiger partial charge in [0.15, 0.2) is 0 Å². The second-order valence-corrected chi connectivity index (χ2v) is 6.20. The van der Waals surface area contributed by atoms with Gasteiger partial charge in [0.2, 0.25) is 11.8 Å². The van der Waals surface area contributed by atoms with E-state index in [1.807, 2.05) is 6.07 Å². The summed E-state index contributed by atoms with van der Waals surface area (Å²) in [6.45, 7) is -0.0473. The van der Waals surface area contributed by atoms with E-state index in [4.69, 9.17) is 15.9 Å². The van der Waals surface area contributed by atoms with Crippen molar-refractivity contribution in [2.45, 2.75) is 12.8 Å². The lowest BCUT2D eigenvalue weighted by atomic mass is 10.1. The lowest BCUT2D eigenvalue weighted by Gasteiger charge is -2.17. The number of benzene rings is 2. The minimum absolute atomic E-state index is 0.0473. The fourth-order valence-corrected chi connectivity index (χ4v) is 2.70. The van der Waals surface area contributed by atoms with Gasteiger partial charge >= 0.3 is 0 Å². The number of likely N-dealkylation sites (N-methyl/N-ethyl adjacent to an activating group) is 1. The lowest BCUT2D eigenvalue weighted by molar-refractivity contribution is -0.133. The number of hydrogen-bond donors (Lipinski definition) is 1. The molecular weight excluding hydrogens is 356 g/mol. The molecule has 0 unspecified atom stereocenters. The topological polar surface area (TPSA) is 67.9 Å². The molecule has 0 saturated carbocycles. The van der Waals surface area contributed by atoms with E-state index in [1.54, 1.807) is 57.7 Å². The van der Waals surface area contributed by atoms with Crippen molar-refractivity contribution in [1.29, 1.82) is 0 Å². The lowest BCUT2D eigenvalue weighted by Crippen LogP contribution is -2.35. The monoisotopic (exact) mass is 380 g/mol. The minimum Gasteiger partial charge on any atom is -0.497 e. The molecule has 0 aromatic heterocycles. The number of anilines is 1. The summed E-state index contributed by atoms with van der Waals surface area (Å²) in [6, 6.07) is 12.4. The van der Waals surface area contributed by atoms with Crippen LogP contribution < -0.4 is 14.8 Å². The molecular formula is C22H24N2O4. The highest BCUT2D eigenvalue weighted by molar-refractivity contribution is 5.94. The first-order valence-corrected chi connectivity index (χ1v) is 8.78. The van der Waals surface area contributed by atoms with Crippen molar-refractivity contribution in [2.75, 3.05) is 33.1 Å². The molecule has 146 valence electrons. The van der Waals surface area contributed by atoms with Crippen LogP contribution in [-0.4, -0.2) is 44.5 Å². The van der Waals surface area contributed by atoms with Crippen LogP contribution in [0.5, 0.6) is 11.5 Å². The highest BCUT2D eigenvalue weighted by Crippen LogP contribution is 2.25. The van der Waals surface area contributed by atoms with E-state index in [9.17, 15) is 9.59 Å². The summed E-state index contributed by atoms with van der Waals surface area (Å²) >= 11 is 0. The number of hydrogen-bond acceptors (Lipinski definition) is 4. The molecule has 28 heavy (non-hydrogen) atoms. The van der Waals surface area contributed by atoms with Crippen LogP contribution in [-0.2, 0) is 16.0 Å². The van der Waals surface area contributed by atoms with Gasteiger partial charge in [-0.05, 0) is 48.4 Å². The van der Waals surface area contributed by atoms with Crippen LogP contribution in [0, 0.1) is 12.3 Å². The first-order valence-electron chi connectivity index (χ1n) is 8.78. The van der Waals surface area contributed by atoms with Crippen molar-refractivity contribution in [3.63, 3.8) is 0 Å². The van der Waals surface area contributed by atoms with E-state index in [0.717, 1.165) is 5.56 Å². The van der Waals surface area contributed by atoms with E-state index in [0.29, 0.717) is 29.2 Å². The van der Waals surface area contributed by atoms with Crippen molar-refractivity contribution in [1.82, 2.24) is 4.90 Å². The van der Waals surface area contributed by atoms with Gasteiger partial charge in [-0.2, -0.15) is 0 Å². The zero-order valence-electron chi connectivity index (χ0n) is 16.3. The van der Waals surface area contributed by atoms with Crippen molar-refractivity contribution < 1.29 is 19.1 Å². The van der Waals surface area contributed by atoms with Crippen LogP contribution in [0.4, 0.5) is 5.69 Å². The van der Waals surface area contributed by atoms with Gasteiger partial charge in [-0.15, -0.1) is 6.42 Å². The Bertz CT molecular complexity index is 886. The highest BCUT2D eigenvalue weighted by atomic mass is 16.5. The molecule has 0 atom stereocenters. The summed E-state index contributed by atoms with van der Waals surface area (Å²) in [7, 11) is 4.77. The Labute approximate surface area is 165 Å². The zero-order valence-corrected chi connectivity index (χ0v) is 16.3. The molecule has 0 fully saturated rings. The largest absolute Gasteiger partial charge is 0.497 e. The van der Waals surface area contributed by atoms with Crippen molar-refractivity contribution in [3.8, 4) is 23.8 Å². The van der Waals surface area contributed by atoms with Gasteiger partial charge in [0.1, 0.15) is 11.5 Å². The summed E-state index contributed by atoms with van der Waals surface area (Å²) in [4.78, 5) is 26.0. The van der Waals surface area contributed by atoms with Gasteiger partial charge in [0, 0.05) is 24.7 Å². The number of amides is 2. The number of terminal acetylenes is 1. The smallest absolute Gasteiger partial charge is 0.243 e. The third kappa shape index (κ3) is 5.78. The molecule has 2 amide bonds. The zero-order chi connectivity index (χ0) is 20.5. The SMILES string of the molecule is C#Cc1cccc(NC(=O)CN(C)C(=O)CCc2cc(OC)ccc2OC)c1. The number of aryl methyl sites for hydroxylation is 1. The Hall–Kier alpha value is -3.46. The Morgan fingerprint density at radius 2 is 1.93 bits per heavy atom. The summed E-state index contributed by atoms with van der Waals surface area (Å²) in [6.07, 6.45) is 6.09. The predicted molar refractivity (Wildman–Crippen MR) is 109 cm³/mol. The summed E-state index contributed by atoms with van der Waals surface area (Å²) in [5.74, 6) is 3.48. The average Bonchev–Trinajstić information content (AvgIpc) is 2.71. The number of nitrogens with zero attached hydrogens (tertiary/aromatic N) is 1. The Morgan fingerprint density at radius 3 is 2.61 bits per heavy atom. The number of methoxy groups -OCH3 is 2. The minimum atomic E-state index is -0.288. The molecule has 1 N–H and O–H groups in total. The highest BCUT2D eigenvalue weighted by Gasteiger charge is 2.15. The summed E-state index contributed by atoms with van der Waals surface area (Å²) in [5, 5.41) is 2.74. The Balaban J connectivity index is 1.90. The summed E-state index contributed by atoms with van der Waals surface area (Å²) < 4.78 is 10.5. The van der Waals surface area contributed by atoms with Gasteiger partial charge in [-0.25, -0.2) is 0 Å². The number of nitrogens with one attached hydrogen (secondary N) is 1. The maximum atomic E-state index is 12.4. The molecule has 2 aromatic rings. The van der Waals surface area contributed by atoms with E-state index in [-0.39, 0.29) is 24.8 Å². The second-order valence-electron chi connectivity index (χ2n) is 6.20. The molecule has 6 nitrogen and oxygen atoms in total. The molecule has 2 rings (SSSR count). The standard InChI is InChI=1S/C22H24N2O4/c1-5-16-7-6-8-18(13-16)23-21(25)15-24(2)22(26)12-9-17-14-19(27-3)10-11-20(17)28-4/h1,6-8,10-11,13-14H,9,12,15H2,2-4H3,(H,23,25). The molecule has 0 aliphatic rings. The van der Waals surface area contributed by atoms with Crippen LogP contribution in [0.3, 0.4) is 0 Å². The van der Waals surface area contributed by atoms with Crippen LogP contribution in [0.1, 0.15) is 17.5 Å². The normalized spacial score (nSPS) is 9.93. The molecule has 0 radical (unpaired) electrons. The van der Waals surface area contributed by atoms with Crippen LogP contribution in [0.25, 0.3) is 0 Å². The molecule has 0 heterocycles. The van der Waals surface area contributed by atoms with Crippen LogP contribution in [0.2, 0.25) is 0 Å². The average molecular weight is 380 g/mol. The Morgan fingerprint density at radius 1 is 1.14 bits per heavy atom. The molecule has 6 heteroatoms. The van der Waals surface area contributed by atoms with Crippen molar-refractivity contribution >= 4 is 17.5 Å². The second kappa shape index (κ2) is 10.0. The van der Waals surface area contributed by atoms with Gasteiger partial charge in [0.25, 0.3) is 0 Å². The molecule has 0 aliphatic heterocycles. The molecule has 0 aliphatic carbocycles. The van der Waals surface area contributed by atoms with E-state index < -0.39 is 0 Å². The fraction of sp³-hybridized carbons (Fsp3) is 0.273. The molecule has 2 aromatic carbocycles. The number of rotatable bonds is 8. The maximum absolute atomic E-state index is 12.4. The van der Waals surface area contributed by atoms with Crippen molar-refractivity contribution in [3.05, 3.63) is 53.6 Å². The molecule has 0 saturated heterocycles. The summed E-state index contributed by atoms with van der Waals surface area (Å²) in [5.41, 5.74) is 2.15. The quantitative estimate of drug-likeness (QED) is 0.715. The Kier molecular flexibility index (Phi) is 7.46. The van der Waals surface area contributed by atoms with E-state index in [1.165, 1.54) is 4.90 Å². The van der Waals surface area contributed by atoms with Gasteiger partial charge < -0.3 is 19.7 Å². The van der Waals surface area contributed by atoms with E-state index in [2.05, 4.69) is 11.2 Å². The third-order valence-electron chi connectivity index (χ3n) is 4.22. The predicted octanol–water partition coefficient (Wildman–Crippen LogP) is 2.71. The third-order valence-corrected chi connectivity index (χ3v) is 4.22.